The first kappa shape index (κ1) is 17.2. The number of rotatable bonds is 5. The summed E-state index contributed by atoms with van der Waals surface area (Å²) in [5.74, 6) is 1.08. The minimum atomic E-state index is -1.18. The first-order valence-corrected chi connectivity index (χ1v) is 9.33. The summed E-state index contributed by atoms with van der Waals surface area (Å²) < 4.78 is 7.17. The minimum absolute atomic E-state index is 0.168. The molecule has 1 unspecified atom stereocenters. The second-order valence-corrected chi connectivity index (χ2v) is 7.81. The number of β-amino-alcohol motifs (C(OH)–C–C–N with tert-alkyl or cyclic N) is 1. The summed E-state index contributed by atoms with van der Waals surface area (Å²) in [6.45, 7) is 4.78. The molecule has 1 aliphatic carbocycles. The normalized spacial score (nSPS) is 23.6. The molecule has 4 rings (SSSR count). The molecule has 3 heterocycles. The van der Waals surface area contributed by atoms with Crippen molar-refractivity contribution in [3.8, 4) is 0 Å². The Morgan fingerprint density at radius 2 is 2.27 bits per heavy atom. The molecule has 1 aliphatic heterocycles. The number of hydrogen-bond donors (Lipinski definition) is 1. The van der Waals surface area contributed by atoms with Crippen molar-refractivity contribution >= 4 is 5.91 Å². The van der Waals surface area contributed by atoms with Crippen LogP contribution in [-0.2, 0) is 12.0 Å². The molecule has 1 saturated carbocycles. The van der Waals surface area contributed by atoms with Crippen molar-refractivity contribution in [1.82, 2.24) is 24.9 Å². The summed E-state index contributed by atoms with van der Waals surface area (Å²) in [5.41, 5.74) is -0.351. The maximum atomic E-state index is 12.8. The van der Waals surface area contributed by atoms with Crippen LogP contribution in [0.1, 0.15) is 67.6 Å². The van der Waals surface area contributed by atoms with Gasteiger partial charge in [-0.3, -0.25) is 4.79 Å². The molecule has 2 aromatic rings. The van der Waals surface area contributed by atoms with E-state index in [1.54, 1.807) is 15.8 Å². The first-order chi connectivity index (χ1) is 12.4. The second-order valence-electron chi connectivity index (χ2n) is 7.81. The molecule has 8 nitrogen and oxygen atoms in total. The number of oxazole rings is 1. The van der Waals surface area contributed by atoms with E-state index in [4.69, 9.17) is 4.42 Å². The molecule has 2 aliphatic rings. The van der Waals surface area contributed by atoms with Crippen molar-refractivity contribution < 1.29 is 14.3 Å². The Balaban J connectivity index is 1.48. The Kier molecular flexibility index (Phi) is 4.30. The zero-order chi connectivity index (χ0) is 18.3. The molecule has 26 heavy (non-hydrogen) atoms. The van der Waals surface area contributed by atoms with Crippen LogP contribution in [0.5, 0.6) is 0 Å². The highest BCUT2D eigenvalue weighted by Gasteiger charge is 2.40. The number of likely N-dealkylation sites (tertiary alicyclic amines) is 1. The molecule has 0 spiro atoms. The summed E-state index contributed by atoms with van der Waals surface area (Å²) >= 11 is 0. The van der Waals surface area contributed by atoms with E-state index < -0.39 is 5.60 Å². The van der Waals surface area contributed by atoms with Gasteiger partial charge in [0.05, 0.1) is 12.7 Å². The van der Waals surface area contributed by atoms with Crippen molar-refractivity contribution in [2.24, 2.45) is 5.92 Å². The van der Waals surface area contributed by atoms with Gasteiger partial charge in [0.15, 0.2) is 11.6 Å². The maximum Gasteiger partial charge on any atom is 0.275 e. The van der Waals surface area contributed by atoms with E-state index in [2.05, 4.69) is 15.3 Å². The number of hydrogen-bond acceptors (Lipinski definition) is 6. The van der Waals surface area contributed by atoms with Crippen LogP contribution in [0.3, 0.4) is 0 Å². The van der Waals surface area contributed by atoms with Gasteiger partial charge < -0.3 is 14.4 Å². The van der Waals surface area contributed by atoms with Gasteiger partial charge in [0, 0.05) is 19.0 Å². The van der Waals surface area contributed by atoms with Crippen LogP contribution in [0.15, 0.2) is 16.9 Å². The molecule has 0 aromatic carbocycles. The lowest BCUT2D eigenvalue weighted by molar-refractivity contribution is -0.0322. The van der Waals surface area contributed by atoms with Crippen molar-refractivity contribution in [2.45, 2.75) is 57.6 Å². The van der Waals surface area contributed by atoms with Gasteiger partial charge in [-0.1, -0.05) is 5.21 Å². The number of amides is 1. The lowest BCUT2D eigenvalue weighted by Crippen LogP contribution is -2.48. The first-order valence-electron chi connectivity index (χ1n) is 9.33. The molecule has 2 aromatic heterocycles. The van der Waals surface area contributed by atoms with Crippen molar-refractivity contribution in [3.63, 3.8) is 0 Å². The molecule has 140 valence electrons. The van der Waals surface area contributed by atoms with Crippen molar-refractivity contribution in [3.05, 3.63) is 29.7 Å². The van der Waals surface area contributed by atoms with Gasteiger partial charge in [-0.2, -0.15) is 0 Å². The number of piperidine rings is 1. The molecule has 8 heteroatoms. The molecule has 1 atom stereocenters. The molecule has 1 saturated heterocycles. The molecule has 1 N–H and O–H groups in total. The molecule has 2 fully saturated rings. The number of aliphatic hydroxyl groups is 1. The smallest absolute Gasteiger partial charge is 0.275 e. The highest BCUT2D eigenvalue weighted by Crippen LogP contribution is 2.33. The van der Waals surface area contributed by atoms with Gasteiger partial charge in [0.25, 0.3) is 5.91 Å². The monoisotopic (exact) mass is 359 g/mol. The highest BCUT2D eigenvalue weighted by atomic mass is 16.3. The van der Waals surface area contributed by atoms with Gasteiger partial charge in [0.1, 0.15) is 17.6 Å². The maximum absolute atomic E-state index is 12.8. The number of aromatic nitrogens is 4. The molecule has 0 bridgehead atoms. The Morgan fingerprint density at radius 3 is 2.96 bits per heavy atom. The third-order valence-corrected chi connectivity index (χ3v) is 5.21. The van der Waals surface area contributed by atoms with E-state index in [1.165, 1.54) is 19.1 Å². The molecular weight excluding hydrogens is 334 g/mol. The van der Waals surface area contributed by atoms with Crippen LogP contribution in [0.25, 0.3) is 0 Å². The Morgan fingerprint density at radius 1 is 1.46 bits per heavy atom. The zero-order valence-electron chi connectivity index (χ0n) is 15.3. The van der Waals surface area contributed by atoms with Gasteiger partial charge in [-0.25, -0.2) is 9.67 Å². The van der Waals surface area contributed by atoms with Crippen LogP contribution in [0, 0.1) is 5.92 Å². The number of nitrogens with zero attached hydrogens (tertiary/aromatic N) is 5. The fraction of sp³-hybridized carbons (Fsp3) is 0.667. The molecule has 0 radical (unpaired) electrons. The predicted molar refractivity (Wildman–Crippen MR) is 92.4 cm³/mol. The average molecular weight is 359 g/mol. The topological polar surface area (TPSA) is 97.3 Å². The van der Waals surface area contributed by atoms with Crippen LogP contribution in [-0.4, -0.2) is 49.0 Å². The fourth-order valence-corrected chi connectivity index (χ4v) is 3.39. The van der Waals surface area contributed by atoms with Crippen LogP contribution in [0.4, 0.5) is 0 Å². The predicted octanol–water partition coefficient (Wildman–Crippen LogP) is 1.92. The second kappa shape index (κ2) is 6.50. The Labute approximate surface area is 152 Å². The summed E-state index contributed by atoms with van der Waals surface area (Å²) in [6, 6.07) is 0.168. The lowest BCUT2D eigenvalue weighted by atomic mass is 9.90. The van der Waals surface area contributed by atoms with E-state index >= 15 is 0 Å². The van der Waals surface area contributed by atoms with E-state index in [0.29, 0.717) is 42.6 Å². The summed E-state index contributed by atoms with van der Waals surface area (Å²) in [6.07, 6.45) is 7.67. The third kappa shape index (κ3) is 3.38. The van der Waals surface area contributed by atoms with Crippen molar-refractivity contribution in [1.29, 1.82) is 0 Å². The van der Waals surface area contributed by atoms with Crippen molar-refractivity contribution in [2.75, 3.05) is 13.1 Å². The van der Waals surface area contributed by atoms with E-state index in [9.17, 15) is 9.90 Å². The van der Waals surface area contributed by atoms with Crippen LogP contribution >= 0.6 is 0 Å². The largest absolute Gasteiger partial charge is 0.448 e. The lowest BCUT2D eigenvalue weighted by Gasteiger charge is -2.37. The fourth-order valence-electron chi connectivity index (χ4n) is 3.39. The molecular formula is C18H25N5O3. The summed E-state index contributed by atoms with van der Waals surface area (Å²) in [5, 5.41) is 19.3. The van der Waals surface area contributed by atoms with E-state index in [-0.39, 0.29) is 18.5 Å². The van der Waals surface area contributed by atoms with Crippen LogP contribution in [0.2, 0.25) is 0 Å². The van der Waals surface area contributed by atoms with Gasteiger partial charge in [0.2, 0.25) is 0 Å². The quantitative estimate of drug-likeness (QED) is 0.876. The highest BCUT2D eigenvalue weighted by molar-refractivity contribution is 5.92. The Hall–Kier alpha value is -2.22. The number of carbonyl (C=O) groups is 1. The van der Waals surface area contributed by atoms with Gasteiger partial charge >= 0.3 is 0 Å². The van der Waals surface area contributed by atoms with E-state index in [1.807, 2.05) is 13.8 Å². The third-order valence-electron chi connectivity index (χ3n) is 5.21. The SMILES string of the molecule is CC(C)n1cc(C2(O)CCCN(C(=O)c3coc(CC4CC4)n3)C2)nn1. The average Bonchev–Trinajstić information content (AvgIpc) is 3.11. The summed E-state index contributed by atoms with van der Waals surface area (Å²) in [4.78, 5) is 18.8. The Bertz CT molecular complexity index is 794. The standard InChI is InChI=1S/C18H25N5O3/c1-12(2)23-9-15(20-21-23)18(25)6-3-7-22(11-18)17(24)14-10-26-16(19-14)8-13-4-5-13/h9-10,12-13,25H,3-8,11H2,1-2H3. The number of carbonyl (C=O) groups excluding carboxylic acids is 1. The van der Waals surface area contributed by atoms with E-state index in [0.717, 1.165) is 6.42 Å². The zero-order valence-corrected chi connectivity index (χ0v) is 15.3. The minimum Gasteiger partial charge on any atom is -0.448 e. The van der Waals surface area contributed by atoms with Gasteiger partial charge in [-0.05, 0) is 45.4 Å². The van der Waals surface area contributed by atoms with Gasteiger partial charge in [-0.15, -0.1) is 5.10 Å². The summed E-state index contributed by atoms with van der Waals surface area (Å²) in [7, 11) is 0. The van der Waals surface area contributed by atoms with Crippen LogP contribution < -0.4 is 0 Å². The molecule has 1 amide bonds.